The molecule has 1 aliphatic rings. The van der Waals surface area contributed by atoms with Crippen molar-refractivity contribution in [1.29, 1.82) is 0 Å². The number of benzene rings is 1. The van der Waals surface area contributed by atoms with E-state index in [1.807, 2.05) is 12.1 Å². The highest BCUT2D eigenvalue weighted by molar-refractivity contribution is 6.04. The lowest BCUT2D eigenvalue weighted by atomic mass is 10.1. The predicted molar refractivity (Wildman–Crippen MR) is 93.7 cm³/mol. The van der Waals surface area contributed by atoms with Crippen LogP contribution >= 0.6 is 0 Å². The average molecular weight is 354 g/mol. The average Bonchev–Trinajstić information content (AvgIpc) is 3.18. The molecule has 0 unspecified atom stereocenters. The topological polar surface area (TPSA) is 88.3 Å². The third-order valence-corrected chi connectivity index (χ3v) is 4.07. The first-order valence-electron chi connectivity index (χ1n) is 7.83. The number of nitrogens with zero attached hydrogens (tertiary/aromatic N) is 1. The van der Waals surface area contributed by atoms with Gasteiger partial charge in [0.05, 0.1) is 24.1 Å². The van der Waals surface area contributed by atoms with Gasteiger partial charge in [-0.15, -0.1) is 0 Å². The summed E-state index contributed by atoms with van der Waals surface area (Å²) in [4.78, 5) is 19.7. The summed E-state index contributed by atoms with van der Waals surface area (Å²) in [6, 6.07) is 6.14. The second-order valence-corrected chi connectivity index (χ2v) is 5.60. The first kappa shape index (κ1) is 15.9. The minimum Gasteiger partial charge on any atom is -0.494 e. The van der Waals surface area contributed by atoms with Crippen molar-refractivity contribution in [3.05, 3.63) is 48.0 Å². The van der Waals surface area contributed by atoms with E-state index in [-0.39, 0.29) is 17.4 Å². The van der Waals surface area contributed by atoms with Crippen molar-refractivity contribution in [2.75, 3.05) is 19.5 Å². The molecule has 3 heterocycles. The first-order chi connectivity index (χ1) is 12.6. The fraction of sp³-hybridized carbons (Fsp3) is 0.111. The van der Waals surface area contributed by atoms with Crippen LogP contribution in [0, 0.1) is 5.82 Å². The number of H-pyrrole nitrogens is 1. The van der Waals surface area contributed by atoms with Crippen molar-refractivity contribution in [1.82, 2.24) is 15.3 Å². The molecule has 3 aromatic rings. The fourth-order valence-corrected chi connectivity index (χ4v) is 2.85. The molecule has 1 amide bonds. The number of anilines is 2. The largest absolute Gasteiger partial charge is 0.494 e. The molecule has 3 N–H and O–H groups in total. The van der Waals surface area contributed by atoms with Crippen molar-refractivity contribution in [2.45, 2.75) is 0 Å². The SMILES string of the molecule is CNC(=O)c1cnc(-c2ccc[nH]2)c2c1Nc1c(OC)cc(F)cc1O2. The number of pyridine rings is 1. The van der Waals surface area contributed by atoms with Crippen LogP contribution in [0.5, 0.6) is 17.2 Å². The molecular formula is C18H15FN4O3. The van der Waals surface area contributed by atoms with E-state index >= 15 is 0 Å². The Labute approximate surface area is 148 Å². The molecule has 132 valence electrons. The minimum atomic E-state index is -0.498. The quantitative estimate of drug-likeness (QED) is 0.525. The molecule has 0 fully saturated rings. The Bertz CT molecular complexity index is 1000. The van der Waals surface area contributed by atoms with Crippen LogP contribution in [0.2, 0.25) is 0 Å². The zero-order valence-electron chi connectivity index (χ0n) is 14.0. The summed E-state index contributed by atoms with van der Waals surface area (Å²) in [5.74, 6) is 0.0218. The first-order valence-corrected chi connectivity index (χ1v) is 7.83. The number of nitrogens with one attached hydrogen (secondary N) is 3. The Morgan fingerprint density at radius 3 is 2.88 bits per heavy atom. The molecular weight excluding hydrogens is 339 g/mol. The molecule has 0 saturated carbocycles. The Balaban J connectivity index is 1.94. The number of halogens is 1. The highest BCUT2D eigenvalue weighted by Gasteiger charge is 2.29. The monoisotopic (exact) mass is 354 g/mol. The van der Waals surface area contributed by atoms with Gasteiger partial charge in [0.25, 0.3) is 5.91 Å². The van der Waals surface area contributed by atoms with Crippen LogP contribution in [0.4, 0.5) is 15.8 Å². The Hall–Kier alpha value is -3.55. The van der Waals surface area contributed by atoms with Crippen molar-refractivity contribution < 1.29 is 18.7 Å². The molecule has 1 aromatic carbocycles. The van der Waals surface area contributed by atoms with Gasteiger partial charge in [-0.25, -0.2) is 9.37 Å². The van der Waals surface area contributed by atoms with Crippen LogP contribution < -0.4 is 20.1 Å². The summed E-state index contributed by atoms with van der Waals surface area (Å²) < 4.78 is 25.1. The van der Waals surface area contributed by atoms with Gasteiger partial charge in [-0.05, 0) is 12.1 Å². The van der Waals surface area contributed by atoms with Crippen LogP contribution in [0.25, 0.3) is 11.4 Å². The molecule has 0 aliphatic carbocycles. The lowest BCUT2D eigenvalue weighted by molar-refractivity contribution is 0.0963. The Morgan fingerprint density at radius 1 is 1.35 bits per heavy atom. The van der Waals surface area contributed by atoms with Crippen molar-refractivity contribution in [3.8, 4) is 28.6 Å². The summed E-state index contributed by atoms with van der Waals surface area (Å²) in [6.45, 7) is 0. The molecule has 1 aliphatic heterocycles. The lowest BCUT2D eigenvalue weighted by Crippen LogP contribution is -2.21. The molecule has 2 aromatic heterocycles. The smallest absolute Gasteiger partial charge is 0.254 e. The number of carbonyl (C=O) groups is 1. The third-order valence-electron chi connectivity index (χ3n) is 4.07. The highest BCUT2D eigenvalue weighted by atomic mass is 19.1. The number of fused-ring (bicyclic) bond motifs is 2. The van der Waals surface area contributed by atoms with Gasteiger partial charge < -0.3 is 25.1 Å². The maximum Gasteiger partial charge on any atom is 0.254 e. The summed E-state index contributed by atoms with van der Waals surface area (Å²) in [6.07, 6.45) is 3.22. The van der Waals surface area contributed by atoms with Crippen LogP contribution in [0.15, 0.2) is 36.7 Å². The van der Waals surface area contributed by atoms with E-state index in [0.717, 1.165) is 0 Å². The number of rotatable bonds is 3. The molecule has 0 bridgehead atoms. The standard InChI is InChI=1S/C18H15FN4O3/c1-20-18(24)10-8-22-15(11-4-3-5-21-11)17-14(10)23-16-12(25-2)6-9(19)7-13(16)26-17/h3-8,21,23H,1-2H3,(H,20,24). The molecule has 0 saturated heterocycles. The number of hydrogen-bond donors (Lipinski definition) is 3. The zero-order chi connectivity index (χ0) is 18.3. The van der Waals surface area contributed by atoms with Gasteiger partial charge >= 0.3 is 0 Å². The zero-order valence-corrected chi connectivity index (χ0v) is 14.0. The minimum absolute atomic E-state index is 0.248. The second-order valence-electron chi connectivity index (χ2n) is 5.60. The summed E-state index contributed by atoms with van der Waals surface area (Å²) >= 11 is 0. The number of amides is 1. The highest BCUT2D eigenvalue weighted by Crippen LogP contribution is 2.50. The molecule has 26 heavy (non-hydrogen) atoms. The van der Waals surface area contributed by atoms with Crippen LogP contribution in [-0.2, 0) is 0 Å². The van der Waals surface area contributed by atoms with E-state index in [2.05, 4.69) is 20.6 Å². The normalized spacial score (nSPS) is 11.7. The van der Waals surface area contributed by atoms with Gasteiger partial charge in [0, 0.05) is 31.6 Å². The molecule has 0 radical (unpaired) electrons. The summed E-state index contributed by atoms with van der Waals surface area (Å²) in [5, 5.41) is 5.72. The van der Waals surface area contributed by atoms with Crippen molar-refractivity contribution in [2.24, 2.45) is 0 Å². The van der Waals surface area contributed by atoms with Crippen LogP contribution in [-0.4, -0.2) is 30.0 Å². The van der Waals surface area contributed by atoms with E-state index in [9.17, 15) is 9.18 Å². The van der Waals surface area contributed by atoms with Gasteiger partial charge in [-0.3, -0.25) is 4.79 Å². The second kappa shape index (κ2) is 6.07. The molecule has 4 rings (SSSR count). The van der Waals surface area contributed by atoms with E-state index in [1.54, 1.807) is 6.20 Å². The predicted octanol–water partition coefficient (Wildman–Crippen LogP) is 3.43. The van der Waals surface area contributed by atoms with Crippen LogP contribution in [0.1, 0.15) is 10.4 Å². The number of aromatic amines is 1. The number of methoxy groups -OCH3 is 1. The maximum atomic E-state index is 13.9. The van der Waals surface area contributed by atoms with E-state index < -0.39 is 5.82 Å². The fourth-order valence-electron chi connectivity index (χ4n) is 2.85. The van der Waals surface area contributed by atoms with E-state index in [1.165, 1.54) is 32.5 Å². The Morgan fingerprint density at radius 2 is 2.19 bits per heavy atom. The molecule has 7 nitrogen and oxygen atoms in total. The molecule has 8 heteroatoms. The third kappa shape index (κ3) is 2.43. The molecule has 0 spiro atoms. The summed E-state index contributed by atoms with van der Waals surface area (Å²) in [7, 11) is 2.96. The van der Waals surface area contributed by atoms with Crippen molar-refractivity contribution in [3.63, 3.8) is 0 Å². The number of ether oxygens (including phenoxy) is 2. The van der Waals surface area contributed by atoms with Gasteiger partial charge in [0.2, 0.25) is 0 Å². The van der Waals surface area contributed by atoms with Gasteiger partial charge in [0.1, 0.15) is 22.9 Å². The van der Waals surface area contributed by atoms with Gasteiger partial charge in [0.15, 0.2) is 11.5 Å². The summed E-state index contributed by atoms with van der Waals surface area (Å²) in [5.41, 5.74) is 2.38. The van der Waals surface area contributed by atoms with Gasteiger partial charge in [-0.1, -0.05) is 0 Å². The number of hydrogen-bond acceptors (Lipinski definition) is 5. The number of carbonyl (C=O) groups excluding carboxylic acids is 1. The van der Waals surface area contributed by atoms with Gasteiger partial charge in [-0.2, -0.15) is 0 Å². The maximum absolute atomic E-state index is 13.9. The van der Waals surface area contributed by atoms with Crippen LogP contribution in [0.3, 0.4) is 0 Å². The number of aromatic nitrogens is 2. The Kier molecular flexibility index (Phi) is 3.72. The molecule has 0 atom stereocenters. The van der Waals surface area contributed by atoms with E-state index in [4.69, 9.17) is 9.47 Å². The van der Waals surface area contributed by atoms with Crippen molar-refractivity contribution >= 4 is 17.3 Å². The lowest BCUT2D eigenvalue weighted by Gasteiger charge is -2.26. The van der Waals surface area contributed by atoms with E-state index in [0.29, 0.717) is 34.1 Å².